The van der Waals surface area contributed by atoms with Crippen LogP contribution >= 0.6 is 0 Å². The fourth-order valence-electron chi connectivity index (χ4n) is 3.71. The first-order valence-corrected chi connectivity index (χ1v) is 9.32. The van der Waals surface area contributed by atoms with Gasteiger partial charge in [0.15, 0.2) is 0 Å². The lowest BCUT2D eigenvalue weighted by molar-refractivity contribution is -0.146. The van der Waals surface area contributed by atoms with Crippen LogP contribution in [0.15, 0.2) is 72.9 Å². The number of rotatable bonds is 4. The maximum Gasteiger partial charge on any atom is 0.308 e. The van der Waals surface area contributed by atoms with Crippen molar-refractivity contribution in [1.82, 2.24) is 4.90 Å². The van der Waals surface area contributed by atoms with Crippen molar-refractivity contribution in [3.8, 4) is 0 Å². The van der Waals surface area contributed by atoms with Crippen LogP contribution in [0.25, 0.3) is 16.8 Å². The number of benzene rings is 3. The van der Waals surface area contributed by atoms with Gasteiger partial charge in [-0.05, 0) is 33.5 Å². The zero-order chi connectivity index (χ0) is 19.5. The van der Waals surface area contributed by atoms with Gasteiger partial charge in [0.05, 0.1) is 12.5 Å². The normalized spacial score (nSPS) is 15.3. The van der Waals surface area contributed by atoms with Crippen molar-refractivity contribution in [2.24, 2.45) is 0 Å². The molecule has 4 rings (SSSR count). The van der Waals surface area contributed by atoms with Gasteiger partial charge in [0.2, 0.25) is 5.91 Å². The minimum atomic E-state index is -0.348. The number of amides is 1. The van der Waals surface area contributed by atoms with Gasteiger partial charge in [-0.3, -0.25) is 9.59 Å². The lowest BCUT2D eigenvalue weighted by Crippen LogP contribution is -2.32. The van der Waals surface area contributed by atoms with E-state index >= 15 is 0 Å². The van der Waals surface area contributed by atoms with Gasteiger partial charge in [-0.15, -0.1) is 0 Å². The molecule has 1 aliphatic heterocycles. The molecule has 3 aromatic carbocycles. The van der Waals surface area contributed by atoms with Crippen molar-refractivity contribution in [2.75, 3.05) is 0 Å². The predicted molar refractivity (Wildman–Crippen MR) is 109 cm³/mol. The average molecular weight is 371 g/mol. The highest BCUT2D eigenvalue weighted by molar-refractivity contribution is 5.86. The van der Waals surface area contributed by atoms with E-state index in [1.165, 1.54) is 6.92 Å². The Balaban J connectivity index is 1.51. The lowest BCUT2D eigenvalue weighted by atomic mass is 9.94. The number of carbonyl (C=O) groups excluding carboxylic acids is 2. The predicted octanol–water partition coefficient (Wildman–Crippen LogP) is 4.85. The zero-order valence-corrected chi connectivity index (χ0v) is 15.7. The summed E-state index contributed by atoms with van der Waals surface area (Å²) in [5.74, 6) is -0.424. The van der Waals surface area contributed by atoms with Crippen molar-refractivity contribution >= 4 is 28.7 Å². The van der Waals surface area contributed by atoms with Crippen LogP contribution in [0.4, 0.5) is 0 Å². The first kappa shape index (κ1) is 18.0. The minimum Gasteiger partial charge on any atom is -0.461 e. The molecule has 0 spiro atoms. The van der Waals surface area contributed by atoms with Crippen LogP contribution in [-0.2, 0) is 20.9 Å². The lowest BCUT2D eigenvalue weighted by Gasteiger charge is -2.32. The smallest absolute Gasteiger partial charge is 0.308 e. The number of ether oxygens (including phenoxy) is 1. The number of fused-ring (bicyclic) bond motifs is 2. The van der Waals surface area contributed by atoms with Crippen molar-refractivity contribution < 1.29 is 14.3 Å². The van der Waals surface area contributed by atoms with Gasteiger partial charge >= 0.3 is 5.97 Å². The van der Waals surface area contributed by atoms with Crippen LogP contribution in [0.2, 0.25) is 0 Å². The maximum absolute atomic E-state index is 12.6. The van der Waals surface area contributed by atoms with E-state index in [2.05, 4.69) is 0 Å². The molecular weight excluding hydrogens is 350 g/mol. The second kappa shape index (κ2) is 7.69. The number of esters is 1. The molecule has 1 heterocycles. The van der Waals surface area contributed by atoms with Crippen molar-refractivity contribution in [1.29, 1.82) is 0 Å². The van der Waals surface area contributed by atoms with Crippen molar-refractivity contribution in [3.05, 3.63) is 89.6 Å². The van der Waals surface area contributed by atoms with E-state index in [4.69, 9.17) is 4.74 Å². The van der Waals surface area contributed by atoms with Crippen LogP contribution in [0.3, 0.4) is 0 Å². The molecular formula is C24H21NO3. The van der Waals surface area contributed by atoms with Gasteiger partial charge in [0.1, 0.15) is 6.61 Å². The van der Waals surface area contributed by atoms with Gasteiger partial charge < -0.3 is 9.64 Å². The minimum absolute atomic E-state index is 0.0994. The summed E-state index contributed by atoms with van der Waals surface area (Å²) in [7, 11) is 0. The Morgan fingerprint density at radius 3 is 2.57 bits per heavy atom. The molecule has 140 valence electrons. The zero-order valence-electron chi connectivity index (χ0n) is 15.7. The average Bonchev–Trinajstić information content (AvgIpc) is 2.72. The van der Waals surface area contributed by atoms with Crippen LogP contribution in [0.5, 0.6) is 0 Å². The fourth-order valence-corrected chi connectivity index (χ4v) is 3.71. The summed E-state index contributed by atoms with van der Waals surface area (Å²) in [6, 6.07) is 21.5. The van der Waals surface area contributed by atoms with E-state index in [1.54, 1.807) is 11.1 Å². The second-order valence-electron chi connectivity index (χ2n) is 6.89. The van der Waals surface area contributed by atoms with Crippen LogP contribution in [0.1, 0.15) is 36.1 Å². The van der Waals surface area contributed by atoms with Gasteiger partial charge in [0.25, 0.3) is 0 Å². The Hall–Kier alpha value is -3.40. The Kier molecular flexibility index (Phi) is 4.94. The summed E-state index contributed by atoms with van der Waals surface area (Å²) in [4.78, 5) is 26.3. The molecule has 0 fully saturated rings. The monoisotopic (exact) mass is 371 g/mol. The summed E-state index contributed by atoms with van der Waals surface area (Å²) in [6.45, 7) is 1.72. The van der Waals surface area contributed by atoms with Crippen molar-refractivity contribution in [3.63, 3.8) is 0 Å². The molecule has 4 heteroatoms. The summed E-state index contributed by atoms with van der Waals surface area (Å²) in [6.07, 6.45) is 3.76. The molecule has 1 amide bonds. The molecule has 0 aromatic heterocycles. The second-order valence-corrected chi connectivity index (χ2v) is 6.89. The largest absolute Gasteiger partial charge is 0.461 e. The SMILES string of the molecule is CC(=O)N1C=Cc2ccccc2[C@@H]1CC(=O)OCc1cccc2ccccc12. The maximum atomic E-state index is 12.6. The van der Waals surface area contributed by atoms with Crippen LogP contribution in [0, 0.1) is 0 Å². The molecule has 28 heavy (non-hydrogen) atoms. The van der Waals surface area contributed by atoms with Gasteiger partial charge in [-0.25, -0.2) is 0 Å². The third-order valence-corrected chi connectivity index (χ3v) is 5.10. The molecule has 4 nitrogen and oxygen atoms in total. The summed E-state index contributed by atoms with van der Waals surface area (Å²) in [5, 5.41) is 2.19. The number of hydrogen-bond donors (Lipinski definition) is 0. The van der Waals surface area contributed by atoms with E-state index in [1.807, 2.05) is 72.8 Å². The highest BCUT2D eigenvalue weighted by Crippen LogP contribution is 2.33. The topological polar surface area (TPSA) is 46.6 Å². The van der Waals surface area contributed by atoms with E-state index < -0.39 is 0 Å². The first-order valence-electron chi connectivity index (χ1n) is 9.32. The summed E-state index contributed by atoms with van der Waals surface area (Å²) >= 11 is 0. The molecule has 0 radical (unpaired) electrons. The summed E-state index contributed by atoms with van der Waals surface area (Å²) in [5.41, 5.74) is 2.95. The van der Waals surface area contributed by atoms with E-state index in [9.17, 15) is 9.59 Å². The van der Waals surface area contributed by atoms with E-state index in [0.717, 1.165) is 27.5 Å². The standard InChI is InChI=1S/C24H21NO3/c1-17(26)25-14-13-19-8-3-5-12-22(19)23(25)15-24(27)28-16-20-10-6-9-18-7-2-4-11-21(18)20/h2-14,23H,15-16H2,1H3/t23-/m0/s1. The number of nitrogens with zero attached hydrogens (tertiary/aromatic N) is 1. The number of carbonyl (C=O) groups is 2. The van der Waals surface area contributed by atoms with Gasteiger partial charge in [-0.2, -0.15) is 0 Å². The Bertz CT molecular complexity index is 1060. The molecule has 1 atom stereocenters. The van der Waals surface area contributed by atoms with Crippen molar-refractivity contribution in [2.45, 2.75) is 26.0 Å². The van der Waals surface area contributed by atoms with E-state index in [0.29, 0.717) is 0 Å². The number of hydrogen-bond acceptors (Lipinski definition) is 3. The van der Waals surface area contributed by atoms with Gasteiger partial charge in [0, 0.05) is 13.1 Å². The quantitative estimate of drug-likeness (QED) is 0.616. The molecule has 0 saturated heterocycles. The Morgan fingerprint density at radius 2 is 1.71 bits per heavy atom. The van der Waals surface area contributed by atoms with E-state index in [-0.39, 0.29) is 30.9 Å². The Morgan fingerprint density at radius 1 is 0.964 bits per heavy atom. The van der Waals surface area contributed by atoms with Gasteiger partial charge in [-0.1, -0.05) is 66.7 Å². The molecule has 0 N–H and O–H groups in total. The highest BCUT2D eigenvalue weighted by Gasteiger charge is 2.28. The molecule has 1 aliphatic rings. The third kappa shape index (κ3) is 3.54. The third-order valence-electron chi connectivity index (χ3n) is 5.10. The Labute approximate surface area is 164 Å². The molecule has 0 aliphatic carbocycles. The van der Waals surface area contributed by atoms with Crippen LogP contribution in [-0.4, -0.2) is 16.8 Å². The highest BCUT2D eigenvalue weighted by atomic mass is 16.5. The first-order chi connectivity index (χ1) is 13.6. The summed E-state index contributed by atoms with van der Waals surface area (Å²) < 4.78 is 5.58. The molecule has 0 saturated carbocycles. The van der Waals surface area contributed by atoms with Crippen LogP contribution < -0.4 is 0 Å². The molecule has 3 aromatic rings. The molecule has 0 unspecified atom stereocenters. The fraction of sp³-hybridized carbons (Fsp3) is 0.167. The molecule has 0 bridgehead atoms.